The maximum absolute atomic E-state index is 15.4. The van der Waals surface area contributed by atoms with Gasteiger partial charge in [0.2, 0.25) is 19.4 Å². The number of thioether (sulfide) groups is 1. The van der Waals surface area contributed by atoms with Gasteiger partial charge in [-0.25, -0.2) is 29.1 Å². The molecule has 4 aromatic carbocycles. The number of amides is 6. The standard InChI is InChI=1S/C53H48Cl6N6O15S2/c1-75-53(45(71)64-39(34(25-76-47(60)72)26-81-46(53)64)44(70)80-41(32-18-10-4-11-19-32)33-20-12-5-13-21-33)65(38(66)24-35-27-82-48(61-35)63-50(74)78-29-52(57,58)59)42(67)36(43(68)69)22-23-37(62-49(73)77-28-51(54,55)56)79-40(30-14-6-2-7-15-30)31-16-8-3-9-17-31/h2-21,27,36-37,40-41,46H,22-26,28-29H2,1H3,(H2,60,72)(H,62,73)(H,68,69)(H,61,63,74)/t36?,37?,46-,53-/m0/s1. The van der Waals surface area contributed by atoms with Crippen LogP contribution in [0.3, 0.4) is 0 Å². The number of fused-ring (bicyclic) bond motifs is 1. The van der Waals surface area contributed by atoms with Crippen molar-refractivity contribution < 1.29 is 71.9 Å². The van der Waals surface area contributed by atoms with Crippen molar-refractivity contribution in [2.24, 2.45) is 11.7 Å². The number of hydrogen-bond acceptors (Lipinski definition) is 17. The Bertz CT molecular complexity index is 3070. The summed E-state index contributed by atoms with van der Waals surface area (Å²) in [5.41, 5.74) is 4.33. The number of primary amides is 1. The van der Waals surface area contributed by atoms with E-state index < -0.39 is 136 Å². The van der Waals surface area contributed by atoms with Crippen LogP contribution in [0, 0.1) is 5.92 Å². The lowest BCUT2D eigenvalue weighted by Gasteiger charge is -2.59. The Balaban J connectivity index is 1.27. The van der Waals surface area contributed by atoms with Gasteiger partial charge in [0.25, 0.3) is 11.6 Å². The number of hydrogen-bond donors (Lipinski definition) is 4. The molecule has 7 rings (SSSR count). The van der Waals surface area contributed by atoms with Crippen LogP contribution in [0.4, 0.5) is 19.5 Å². The molecule has 3 heterocycles. The Morgan fingerprint density at radius 1 is 0.768 bits per heavy atom. The molecular formula is C53H48Cl6N6O15S2. The molecule has 434 valence electrons. The number of methoxy groups -OCH3 is 1. The van der Waals surface area contributed by atoms with E-state index in [9.17, 15) is 29.1 Å². The number of esters is 1. The zero-order valence-electron chi connectivity index (χ0n) is 42.6. The lowest BCUT2D eigenvalue weighted by Crippen LogP contribution is -2.82. The summed E-state index contributed by atoms with van der Waals surface area (Å²) in [6.07, 6.45) is -9.04. The predicted octanol–water partition coefficient (Wildman–Crippen LogP) is 9.61. The normalized spacial score (nSPS) is 16.7. The van der Waals surface area contributed by atoms with E-state index in [1.807, 2.05) is 0 Å². The molecule has 2 aliphatic rings. The largest absolute Gasteiger partial charge is 0.481 e. The summed E-state index contributed by atoms with van der Waals surface area (Å²) >= 11 is 36.4. The van der Waals surface area contributed by atoms with Gasteiger partial charge in [0.05, 0.1) is 12.1 Å². The van der Waals surface area contributed by atoms with Crippen molar-refractivity contribution in [2.75, 3.05) is 38.0 Å². The molecule has 5 aromatic rings. The van der Waals surface area contributed by atoms with Gasteiger partial charge in [-0.05, 0) is 35.1 Å². The minimum atomic E-state index is -2.73. The van der Waals surface area contributed by atoms with Crippen molar-refractivity contribution in [1.29, 1.82) is 0 Å². The van der Waals surface area contributed by atoms with Gasteiger partial charge in [-0.15, -0.1) is 23.1 Å². The molecule has 0 aliphatic carbocycles. The molecule has 0 bridgehead atoms. The third kappa shape index (κ3) is 16.2. The molecule has 0 radical (unpaired) electrons. The smallest absolute Gasteiger partial charge is 0.413 e. The van der Waals surface area contributed by atoms with E-state index in [0.717, 1.165) is 35.1 Å². The summed E-state index contributed by atoms with van der Waals surface area (Å²) < 4.78 is 29.8. The number of nitrogens with zero attached hydrogens (tertiary/aromatic N) is 3. The van der Waals surface area contributed by atoms with E-state index in [-0.39, 0.29) is 22.2 Å². The third-order valence-corrected chi connectivity index (χ3v) is 15.0. The predicted molar refractivity (Wildman–Crippen MR) is 304 cm³/mol. The Labute approximate surface area is 506 Å². The number of carbonyl (C=O) groups is 8. The second-order valence-corrected chi connectivity index (χ2v) is 24.7. The molecule has 21 nitrogen and oxygen atoms in total. The molecular weight excluding hydrogens is 1240 g/mol. The molecule has 6 amide bonds. The molecule has 1 aromatic heterocycles. The summed E-state index contributed by atoms with van der Waals surface area (Å²) in [6, 6.07) is 34.7. The van der Waals surface area contributed by atoms with Crippen LogP contribution in [-0.2, 0) is 58.8 Å². The van der Waals surface area contributed by atoms with Crippen LogP contribution in [0.5, 0.6) is 0 Å². The quantitative estimate of drug-likeness (QED) is 0.0118. The minimum absolute atomic E-state index is 0.0284. The van der Waals surface area contributed by atoms with Crippen molar-refractivity contribution in [3.05, 3.63) is 166 Å². The van der Waals surface area contributed by atoms with E-state index in [0.29, 0.717) is 27.2 Å². The molecule has 0 saturated carbocycles. The highest BCUT2D eigenvalue weighted by atomic mass is 35.6. The average molecular weight is 1290 g/mol. The number of anilines is 1. The van der Waals surface area contributed by atoms with Crippen molar-refractivity contribution in [2.45, 2.75) is 56.4 Å². The van der Waals surface area contributed by atoms with Crippen LogP contribution >= 0.6 is 92.7 Å². The van der Waals surface area contributed by atoms with Gasteiger partial charge in [0.1, 0.15) is 49.1 Å². The average Bonchev–Trinajstić information content (AvgIpc) is 1.78. The number of carboxylic acids is 1. The first-order valence-corrected chi connectivity index (χ1v) is 28.4. The topological polar surface area (TPSA) is 282 Å². The van der Waals surface area contributed by atoms with Crippen molar-refractivity contribution in [3.63, 3.8) is 0 Å². The van der Waals surface area contributed by atoms with Crippen molar-refractivity contribution in [1.82, 2.24) is 20.1 Å². The number of nitrogens with two attached hydrogens (primary N) is 1. The van der Waals surface area contributed by atoms with Crippen LogP contribution in [0.15, 0.2) is 138 Å². The van der Waals surface area contributed by atoms with Gasteiger partial charge in [-0.1, -0.05) is 191 Å². The van der Waals surface area contributed by atoms with Gasteiger partial charge >= 0.3 is 30.2 Å². The van der Waals surface area contributed by atoms with E-state index in [4.69, 9.17) is 104 Å². The van der Waals surface area contributed by atoms with Crippen LogP contribution in [-0.4, -0.2) is 125 Å². The Morgan fingerprint density at radius 2 is 1.28 bits per heavy atom. The Hall–Kier alpha value is -6.38. The van der Waals surface area contributed by atoms with E-state index in [2.05, 4.69) is 15.6 Å². The lowest BCUT2D eigenvalue weighted by molar-refractivity contribution is -0.224. The number of halogens is 6. The molecule has 2 aliphatic heterocycles. The first-order chi connectivity index (χ1) is 39.0. The van der Waals surface area contributed by atoms with E-state index in [1.54, 1.807) is 121 Å². The second-order valence-electron chi connectivity index (χ2n) is 17.7. The second kappa shape index (κ2) is 28.3. The van der Waals surface area contributed by atoms with Gasteiger partial charge in [0.15, 0.2) is 11.2 Å². The minimum Gasteiger partial charge on any atom is -0.481 e. The number of carbonyl (C=O) groups excluding carboxylic acids is 7. The van der Waals surface area contributed by atoms with Crippen LogP contribution in [0.25, 0.3) is 0 Å². The number of nitrogens with one attached hydrogen (secondary N) is 2. The highest BCUT2D eigenvalue weighted by molar-refractivity contribution is 8.00. The van der Waals surface area contributed by atoms with Gasteiger partial charge in [-0.3, -0.25) is 34.7 Å². The number of thiazole rings is 1. The summed E-state index contributed by atoms with van der Waals surface area (Å²) in [5.74, 6) is -9.37. The van der Waals surface area contributed by atoms with Crippen LogP contribution in [0.1, 0.15) is 53.0 Å². The first-order valence-electron chi connectivity index (χ1n) is 24.2. The number of alkyl halides is 6. The summed E-state index contributed by atoms with van der Waals surface area (Å²) in [4.78, 5) is 118. The SMILES string of the molecule is CO[C@@]1(N(C(=O)Cc2csc(NC(=O)OCC(Cl)(Cl)Cl)n2)C(=O)C(CCC(NC(=O)OCC(Cl)(Cl)Cl)OC(c2ccccc2)c2ccccc2)C(=O)O)C(=O)N2C(C(=O)OC(c3ccccc3)c3ccccc3)=C(COC(N)=O)CS[C@H]21. The Morgan fingerprint density at radius 3 is 1.77 bits per heavy atom. The maximum Gasteiger partial charge on any atom is 0.413 e. The number of β-lactam (4-membered cyclic amide) rings is 1. The summed E-state index contributed by atoms with van der Waals surface area (Å²) in [6.45, 7) is -1.99. The van der Waals surface area contributed by atoms with E-state index in [1.165, 1.54) is 5.38 Å². The number of benzene rings is 4. The van der Waals surface area contributed by atoms with Crippen molar-refractivity contribution in [3.8, 4) is 0 Å². The molecule has 4 atom stereocenters. The van der Waals surface area contributed by atoms with Crippen molar-refractivity contribution >= 4 is 146 Å². The molecule has 2 unspecified atom stereocenters. The molecule has 0 spiro atoms. The number of imide groups is 1. The summed E-state index contributed by atoms with van der Waals surface area (Å²) in [7, 11) is 0.991. The number of aromatic nitrogens is 1. The maximum atomic E-state index is 15.4. The molecule has 1 fully saturated rings. The first kappa shape index (κ1) is 63.2. The zero-order chi connectivity index (χ0) is 59.4. The van der Waals surface area contributed by atoms with E-state index >= 15 is 14.4 Å². The fourth-order valence-electron chi connectivity index (χ4n) is 8.57. The fourth-order valence-corrected chi connectivity index (χ4v) is 11.1. The van der Waals surface area contributed by atoms with Crippen LogP contribution in [0.2, 0.25) is 0 Å². The lowest BCUT2D eigenvalue weighted by atomic mass is 9.92. The van der Waals surface area contributed by atoms with Gasteiger partial charge < -0.3 is 39.3 Å². The highest BCUT2D eigenvalue weighted by Gasteiger charge is 2.71. The zero-order valence-corrected chi connectivity index (χ0v) is 48.8. The highest BCUT2D eigenvalue weighted by Crippen LogP contribution is 2.51. The number of rotatable bonds is 23. The fraction of sp³-hybridized carbons (Fsp3) is 0.302. The third-order valence-electron chi connectivity index (χ3n) is 12.1. The number of alkyl carbamates (subject to hydrolysis) is 1. The van der Waals surface area contributed by atoms with Gasteiger partial charge in [0, 0.05) is 23.8 Å². The Kier molecular flexibility index (Phi) is 21.8. The number of carboxylic acid groups (broad SMARTS) is 1. The molecule has 1 saturated heterocycles. The van der Waals surface area contributed by atoms with Crippen LogP contribution < -0.4 is 16.4 Å². The van der Waals surface area contributed by atoms with Gasteiger partial charge in [-0.2, -0.15) is 0 Å². The molecule has 5 N–H and O–H groups in total. The molecule has 82 heavy (non-hydrogen) atoms. The number of aliphatic carboxylic acids is 1. The monoisotopic (exact) mass is 1280 g/mol. The summed E-state index contributed by atoms with van der Waals surface area (Å²) in [5, 5.41) is 15.5. The number of ether oxygens (including phenoxy) is 6. The molecule has 29 heteroatoms.